The molecule has 2 aromatic rings. The fourth-order valence-corrected chi connectivity index (χ4v) is 3.77. The van der Waals surface area contributed by atoms with E-state index in [9.17, 15) is 9.59 Å². The molecule has 29 heavy (non-hydrogen) atoms. The third-order valence-corrected chi connectivity index (χ3v) is 5.51. The average Bonchev–Trinajstić information content (AvgIpc) is 2.94. The summed E-state index contributed by atoms with van der Waals surface area (Å²) in [6.07, 6.45) is 5.58. The minimum Gasteiger partial charge on any atom is -0.320 e. The third kappa shape index (κ3) is 3.91. The Morgan fingerprint density at radius 1 is 1.24 bits per heavy atom. The van der Waals surface area contributed by atoms with Gasteiger partial charge in [0.2, 0.25) is 5.66 Å². The number of hydrogen-bond acceptors (Lipinski definition) is 3. The minimum absolute atomic E-state index is 0.228. The standard InChI is InChI=1S/C22H17BrClN3O2/c1-14-9-10-27-19(11-14)25-22(21(27)29,13-15-5-7-17(23)8-6-15)26-20(28)16-3-2-4-18(24)12-16/h2-12H,13H2,1H3,(H,26,28)/t22-/m0/s1. The van der Waals surface area contributed by atoms with E-state index in [0.29, 0.717) is 16.4 Å². The summed E-state index contributed by atoms with van der Waals surface area (Å²) in [7, 11) is 0. The van der Waals surface area contributed by atoms with Gasteiger partial charge in [0.1, 0.15) is 5.84 Å². The van der Waals surface area contributed by atoms with E-state index in [1.54, 1.807) is 30.5 Å². The highest BCUT2D eigenvalue weighted by Gasteiger charge is 2.49. The molecule has 1 N–H and O–H groups in total. The Kier molecular flexibility index (Phi) is 5.15. The highest BCUT2D eigenvalue weighted by Crippen LogP contribution is 2.29. The van der Waals surface area contributed by atoms with Crippen molar-refractivity contribution in [2.45, 2.75) is 19.0 Å². The molecule has 0 aromatic heterocycles. The number of amidine groups is 1. The number of aliphatic imine (C=N–C) groups is 1. The summed E-state index contributed by atoms with van der Waals surface area (Å²) < 4.78 is 0.932. The SMILES string of the molecule is CC1=CC2=N[C@@](Cc3ccc(Br)cc3)(NC(=O)c3cccc(Cl)c3)C(=O)N2C=C1. The maximum absolute atomic E-state index is 13.4. The number of carbonyl (C=O) groups is 2. The Morgan fingerprint density at radius 2 is 2.00 bits per heavy atom. The van der Waals surface area contributed by atoms with E-state index in [-0.39, 0.29) is 12.3 Å². The molecule has 0 saturated carbocycles. The first-order valence-electron chi connectivity index (χ1n) is 8.99. The van der Waals surface area contributed by atoms with E-state index in [4.69, 9.17) is 11.6 Å². The summed E-state index contributed by atoms with van der Waals surface area (Å²) in [5.74, 6) is -0.198. The lowest BCUT2D eigenvalue weighted by molar-refractivity contribution is -0.130. The highest BCUT2D eigenvalue weighted by molar-refractivity contribution is 9.10. The molecular formula is C22H17BrClN3O2. The molecule has 7 heteroatoms. The predicted octanol–water partition coefficient (Wildman–Crippen LogP) is 4.49. The first-order chi connectivity index (χ1) is 13.9. The van der Waals surface area contributed by atoms with E-state index >= 15 is 0 Å². The Labute approximate surface area is 181 Å². The largest absolute Gasteiger partial charge is 0.320 e. The van der Waals surface area contributed by atoms with Crippen LogP contribution in [0.3, 0.4) is 0 Å². The van der Waals surface area contributed by atoms with Crippen LogP contribution in [0.25, 0.3) is 0 Å². The van der Waals surface area contributed by atoms with Crippen LogP contribution in [0, 0.1) is 0 Å². The summed E-state index contributed by atoms with van der Waals surface area (Å²) >= 11 is 9.44. The zero-order valence-corrected chi connectivity index (χ0v) is 17.9. The van der Waals surface area contributed by atoms with Crippen molar-refractivity contribution in [1.29, 1.82) is 0 Å². The van der Waals surface area contributed by atoms with Crippen LogP contribution >= 0.6 is 27.5 Å². The van der Waals surface area contributed by atoms with Crippen LogP contribution in [0.4, 0.5) is 0 Å². The third-order valence-electron chi connectivity index (χ3n) is 4.75. The molecule has 5 nitrogen and oxygen atoms in total. The average molecular weight is 471 g/mol. The van der Waals surface area contributed by atoms with Crippen LogP contribution in [0.15, 0.2) is 81.9 Å². The zero-order chi connectivity index (χ0) is 20.6. The maximum Gasteiger partial charge on any atom is 0.281 e. The number of rotatable bonds is 4. The monoisotopic (exact) mass is 469 g/mol. The molecule has 4 rings (SSSR count). The Bertz CT molecular complexity index is 1090. The number of benzene rings is 2. The van der Waals surface area contributed by atoms with Gasteiger partial charge in [-0.3, -0.25) is 14.5 Å². The molecule has 0 radical (unpaired) electrons. The van der Waals surface area contributed by atoms with E-state index < -0.39 is 11.6 Å². The molecule has 0 unspecified atom stereocenters. The van der Waals surface area contributed by atoms with Crippen molar-refractivity contribution in [3.05, 3.63) is 93.1 Å². The van der Waals surface area contributed by atoms with Gasteiger partial charge in [0.05, 0.1) is 0 Å². The smallest absolute Gasteiger partial charge is 0.281 e. The lowest BCUT2D eigenvalue weighted by Crippen LogP contribution is -2.55. The van der Waals surface area contributed by atoms with Crippen molar-refractivity contribution >= 4 is 45.2 Å². The number of hydrogen-bond donors (Lipinski definition) is 1. The molecule has 146 valence electrons. The molecule has 2 aliphatic heterocycles. The second kappa shape index (κ2) is 7.61. The van der Waals surface area contributed by atoms with E-state index in [1.807, 2.05) is 43.3 Å². The van der Waals surface area contributed by atoms with Crippen LogP contribution in [0.1, 0.15) is 22.8 Å². The van der Waals surface area contributed by atoms with Crippen molar-refractivity contribution in [3.8, 4) is 0 Å². The van der Waals surface area contributed by atoms with E-state index in [2.05, 4.69) is 26.2 Å². The van der Waals surface area contributed by atoms with Crippen molar-refractivity contribution < 1.29 is 9.59 Å². The number of halogens is 2. The molecule has 0 spiro atoms. The van der Waals surface area contributed by atoms with E-state index in [1.165, 1.54) is 4.90 Å². The fraction of sp³-hybridized carbons (Fsp3) is 0.136. The second-order valence-corrected chi connectivity index (χ2v) is 8.33. The van der Waals surface area contributed by atoms with Gasteiger partial charge < -0.3 is 5.32 Å². The van der Waals surface area contributed by atoms with Crippen LogP contribution < -0.4 is 5.32 Å². The minimum atomic E-state index is -1.44. The fourth-order valence-electron chi connectivity index (χ4n) is 3.32. The predicted molar refractivity (Wildman–Crippen MR) is 117 cm³/mol. The summed E-state index contributed by atoms with van der Waals surface area (Å²) in [6, 6.07) is 14.2. The van der Waals surface area contributed by atoms with Crippen LogP contribution in [0.5, 0.6) is 0 Å². The summed E-state index contributed by atoms with van der Waals surface area (Å²) in [4.78, 5) is 32.5. The molecule has 2 heterocycles. The van der Waals surface area contributed by atoms with Crippen LogP contribution in [0.2, 0.25) is 5.02 Å². The van der Waals surface area contributed by atoms with Crippen molar-refractivity contribution in [3.63, 3.8) is 0 Å². The van der Waals surface area contributed by atoms with Crippen molar-refractivity contribution in [2.75, 3.05) is 0 Å². The summed E-state index contributed by atoms with van der Waals surface area (Å²) in [5, 5.41) is 3.32. The van der Waals surface area contributed by atoms with Gasteiger partial charge in [0.25, 0.3) is 11.8 Å². The highest BCUT2D eigenvalue weighted by atomic mass is 79.9. The maximum atomic E-state index is 13.4. The molecule has 1 atom stereocenters. The van der Waals surface area contributed by atoms with Gasteiger partial charge in [-0.1, -0.05) is 45.7 Å². The number of fused-ring (bicyclic) bond motifs is 1. The summed E-state index contributed by atoms with van der Waals surface area (Å²) in [5.41, 5.74) is 0.789. The number of nitrogens with one attached hydrogen (secondary N) is 1. The second-order valence-electron chi connectivity index (χ2n) is 6.98. The molecule has 2 aliphatic rings. The van der Waals surface area contributed by atoms with Crippen molar-refractivity contribution in [1.82, 2.24) is 10.2 Å². The summed E-state index contributed by atoms with van der Waals surface area (Å²) in [6.45, 7) is 1.93. The molecule has 0 saturated heterocycles. The first-order valence-corrected chi connectivity index (χ1v) is 10.2. The molecule has 0 aliphatic carbocycles. The zero-order valence-electron chi connectivity index (χ0n) is 15.5. The Hall–Kier alpha value is -2.70. The molecule has 2 aromatic carbocycles. The molecule has 0 bridgehead atoms. The number of nitrogens with zero attached hydrogens (tertiary/aromatic N) is 2. The normalized spacial score (nSPS) is 20.2. The van der Waals surface area contributed by atoms with E-state index in [0.717, 1.165) is 15.6 Å². The van der Waals surface area contributed by atoms with Crippen molar-refractivity contribution in [2.24, 2.45) is 4.99 Å². The first kappa shape index (κ1) is 19.6. The lowest BCUT2D eigenvalue weighted by Gasteiger charge is -2.27. The molecular weight excluding hydrogens is 454 g/mol. The lowest BCUT2D eigenvalue weighted by atomic mass is 9.98. The van der Waals surface area contributed by atoms with Gasteiger partial charge in [-0.25, -0.2) is 4.99 Å². The number of amides is 2. The van der Waals surface area contributed by atoms with Gasteiger partial charge in [-0.15, -0.1) is 0 Å². The Balaban J connectivity index is 1.73. The number of allylic oxidation sites excluding steroid dienone is 2. The molecule has 2 amide bonds. The topological polar surface area (TPSA) is 61.8 Å². The van der Waals surface area contributed by atoms with Gasteiger partial charge in [0, 0.05) is 27.7 Å². The van der Waals surface area contributed by atoms with Crippen LogP contribution in [-0.4, -0.2) is 28.2 Å². The Morgan fingerprint density at radius 3 is 2.72 bits per heavy atom. The van der Waals surface area contributed by atoms with Gasteiger partial charge in [0.15, 0.2) is 0 Å². The van der Waals surface area contributed by atoms with Crippen LogP contribution in [-0.2, 0) is 11.2 Å². The number of carbonyl (C=O) groups excluding carboxylic acids is 2. The quantitative estimate of drug-likeness (QED) is 0.716. The van der Waals surface area contributed by atoms with Gasteiger partial charge in [-0.05, 0) is 60.5 Å². The van der Waals surface area contributed by atoms with Gasteiger partial charge >= 0.3 is 0 Å². The van der Waals surface area contributed by atoms with Gasteiger partial charge in [-0.2, -0.15) is 0 Å². The molecule has 0 fully saturated rings.